The number of halogens is 1. The number of carbonyl (C=O) groups excluding carboxylic acids is 4. The van der Waals surface area contributed by atoms with Gasteiger partial charge in [0.25, 0.3) is 0 Å². The minimum absolute atomic E-state index is 0.0816. The SMILES string of the molecule is C1CCCCC1.CCCN=C(N)N.O=C(CF)CNC(=O)C1CCCCN1C(=O)CNC(=O)OCc1ccccc1. The number of aliphatic imine (C=N–C) groups is 1. The van der Waals surface area contributed by atoms with Gasteiger partial charge in [0.2, 0.25) is 11.8 Å². The van der Waals surface area contributed by atoms with Crippen LogP contribution >= 0.6 is 0 Å². The van der Waals surface area contributed by atoms with Gasteiger partial charge in [-0.25, -0.2) is 9.18 Å². The fourth-order valence-electron chi connectivity index (χ4n) is 4.18. The summed E-state index contributed by atoms with van der Waals surface area (Å²) in [5, 5.41) is 4.74. The molecule has 11 nitrogen and oxygen atoms in total. The number of piperidine rings is 1. The van der Waals surface area contributed by atoms with Gasteiger partial charge in [0.05, 0.1) is 6.54 Å². The van der Waals surface area contributed by atoms with Gasteiger partial charge in [0.15, 0.2) is 11.7 Å². The zero-order valence-corrected chi connectivity index (χ0v) is 24.2. The predicted molar refractivity (Wildman–Crippen MR) is 157 cm³/mol. The monoisotopic (exact) mass is 578 g/mol. The minimum atomic E-state index is -1.15. The highest BCUT2D eigenvalue weighted by Gasteiger charge is 2.32. The summed E-state index contributed by atoms with van der Waals surface area (Å²) in [5.74, 6) is -1.47. The van der Waals surface area contributed by atoms with Crippen molar-refractivity contribution in [3.05, 3.63) is 35.9 Å². The largest absolute Gasteiger partial charge is 0.445 e. The van der Waals surface area contributed by atoms with E-state index in [1.807, 2.05) is 37.3 Å². The van der Waals surface area contributed by atoms with E-state index in [1.165, 1.54) is 43.4 Å². The van der Waals surface area contributed by atoms with E-state index in [-0.39, 0.29) is 19.1 Å². The highest BCUT2D eigenvalue weighted by atomic mass is 19.1. The molecule has 2 aliphatic rings. The standard InChI is InChI=1S/C19H24FN3O5.C6H12.C4H11N3/c20-10-15(24)11-21-18(26)16-8-4-5-9-23(16)17(25)12-22-19(27)28-13-14-6-2-1-3-7-14;1-2-4-6-5-3-1;1-2-3-7-4(5)6/h1-3,6-7,16H,4-5,8-13H2,(H,21,26)(H,22,27);1-6H2;2-3H2,1H3,(H4,5,6,7). The molecule has 2 fully saturated rings. The summed E-state index contributed by atoms with van der Waals surface area (Å²) in [4.78, 5) is 52.6. The number of benzene rings is 1. The predicted octanol–water partition coefficient (Wildman–Crippen LogP) is 2.96. The van der Waals surface area contributed by atoms with Crippen molar-refractivity contribution in [2.24, 2.45) is 16.5 Å². The van der Waals surface area contributed by atoms with Gasteiger partial charge in [0.1, 0.15) is 25.9 Å². The van der Waals surface area contributed by atoms with Crippen LogP contribution in [-0.2, 0) is 25.7 Å². The summed E-state index contributed by atoms with van der Waals surface area (Å²) in [6, 6.07) is 8.37. The maximum atomic E-state index is 12.4. The average Bonchev–Trinajstić information content (AvgIpc) is 3.02. The molecule has 1 aliphatic carbocycles. The number of amides is 3. The van der Waals surface area contributed by atoms with Gasteiger partial charge >= 0.3 is 6.09 Å². The smallest absolute Gasteiger partial charge is 0.407 e. The molecule has 41 heavy (non-hydrogen) atoms. The molecule has 0 spiro atoms. The number of rotatable bonds is 10. The van der Waals surface area contributed by atoms with Gasteiger partial charge in [-0.3, -0.25) is 19.4 Å². The molecule has 0 bridgehead atoms. The highest BCUT2D eigenvalue weighted by Crippen LogP contribution is 2.17. The Bertz CT molecular complexity index is 927. The Morgan fingerprint density at radius 1 is 0.951 bits per heavy atom. The Hall–Kier alpha value is -3.70. The molecule has 1 atom stereocenters. The van der Waals surface area contributed by atoms with E-state index in [9.17, 15) is 23.6 Å². The molecular formula is C29H47FN6O5. The number of guanidine groups is 1. The Balaban J connectivity index is 0.000000529. The van der Waals surface area contributed by atoms with Crippen LogP contribution in [0, 0.1) is 0 Å². The lowest BCUT2D eigenvalue weighted by atomic mass is 10.0. The molecule has 0 radical (unpaired) electrons. The summed E-state index contributed by atoms with van der Waals surface area (Å²) < 4.78 is 17.3. The Morgan fingerprint density at radius 2 is 1.59 bits per heavy atom. The third-order valence-corrected chi connectivity index (χ3v) is 6.35. The number of likely N-dealkylation sites (tertiary alicyclic amines) is 1. The molecule has 3 rings (SSSR count). The van der Waals surface area contributed by atoms with E-state index in [4.69, 9.17) is 16.2 Å². The Labute approximate surface area is 242 Å². The van der Waals surface area contributed by atoms with Crippen LogP contribution < -0.4 is 22.1 Å². The van der Waals surface area contributed by atoms with Gasteiger partial charge in [-0.1, -0.05) is 75.8 Å². The number of ketones is 1. The number of hydrogen-bond acceptors (Lipinski definition) is 6. The molecule has 1 aromatic carbocycles. The van der Waals surface area contributed by atoms with E-state index < -0.39 is 43.0 Å². The Kier molecular flexibility index (Phi) is 19.0. The second-order valence-corrected chi connectivity index (χ2v) is 9.83. The topological polar surface area (TPSA) is 169 Å². The zero-order valence-electron chi connectivity index (χ0n) is 24.2. The fourth-order valence-corrected chi connectivity index (χ4v) is 4.18. The van der Waals surface area contributed by atoms with Crippen LogP contribution in [0.25, 0.3) is 0 Å². The van der Waals surface area contributed by atoms with E-state index in [1.54, 1.807) is 0 Å². The van der Waals surface area contributed by atoms with Gasteiger partial charge in [-0.2, -0.15) is 0 Å². The summed E-state index contributed by atoms with van der Waals surface area (Å²) >= 11 is 0. The lowest BCUT2D eigenvalue weighted by Gasteiger charge is -2.34. The molecule has 230 valence electrons. The maximum absolute atomic E-state index is 12.4. The van der Waals surface area contributed by atoms with Crippen molar-refractivity contribution < 1.29 is 28.3 Å². The maximum Gasteiger partial charge on any atom is 0.407 e. The lowest BCUT2D eigenvalue weighted by Crippen LogP contribution is -2.54. The molecule has 1 saturated carbocycles. The first kappa shape index (κ1) is 35.3. The number of nitrogens with two attached hydrogens (primary N) is 2. The number of carbonyl (C=O) groups is 4. The molecule has 3 amide bonds. The number of alkyl halides is 1. The van der Waals surface area contributed by atoms with Crippen molar-refractivity contribution in [1.29, 1.82) is 0 Å². The molecule has 0 aromatic heterocycles. The third kappa shape index (κ3) is 16.9. The number of nitrogens with one attached hydrogen (secondary N) is 2. The quantitative estimate of drug-likeness (QED) is 0.244. The molecule has 1 aromatic rings. The summed E-state index contributed by atoms with van der Waals surface area (Å²) in [6.07, 6.45) is 11.2. The number of Topliss-reactive ketones (excluding diaryl/α,β-unsaturated/α-hetero) is 1. The summed E-state index contributed by atoms with van der Waals surface area (Å²) in [6.45, 7) is 1.35. The van der Waals surface area contributed by atoms with Gasteiger partial charge in [-0.15, -0.1) is 0 Å². The minimum Gasteiger partial charge on any atom is -0.445 e. The molecular weight excluding hydrogens is 531 g/mol. The number of alkyl carbamates (subject to hydrolysis) is 1. The van der Waals surface area contributed by atoms with Crippen molar-refractivity contribution in [2.45, 2.75) is 83.8 Å². The summed E-state index contributed by atoms with van der Waals surface area (Å²) in [5.41, 5.74) is 10.8. The zero-order chi connectivity index (χ0) is 30.3. The van der Waals surface area contributed by atoms with Crippen LogP contribution in [0.5, 0.6) is 0 Å². The molecule has 1 aliphatic heterocycles. The highest BCUT2D eigenvalue weighted by molar-refractivity contribution is 5.92. The van der Waals surface area contributed by atoms with E-state index in [2.05, 4.69) is 15.6 Å². The molecule has 6 N–H and O–H groups in total. The average molecular weight is 579 g/mol. The first-order valence-corrected chi connectivity index (χ1v) is 14.4. The van der Waals surface area contributed by atoms with E-state index in [0.717, 1.165) is 31.4 Å². The van der Waals surface area contributed by atoms with E-state index in [0.29, 0.717) is 13.0 Å². The van der Waals surface area contributed by atoms with Gasteiger partial charge < -0.3 is 31.7 Å². The normalized spacial score (nSPS) is 16.0. The summed E-state index contributed by atoms with van der Waals surface area (Å²) in [7, 11) is 0. The lowest BCUT2D eigenvalue weighted by molar-refractivity contribution is -0.141. The molecule has 1 unspecified atom stereocenters. The van der Waals surface area contributed by atoms with E-state index >= 15 is 0 Å². The first-order valence-electron chi connectivity index (χ1n) is 14.4. The Morgan fingerprint density at radius 3 is 2.12 bits per heavy atom. The second-order valence-electron chi connectivity index (χ2n) is 9.83. The van der Waals surface area contributed by atoms with Crippen LogP contribution in [0.4, 0.5) is 9.18 Å². The van der Waals surface area contributed by atoms with Crippen LogP contribution in [0.1, 0.15) is 76.7 Å². The van der Waals surface area contributed by atoms with Crippen LogP contribution in [0.3, 0.4) is 0 Å². The van der Waals surface area contributed by atoms with Crippen molar-refractivity contribution in [1.82, 2.24) is 15.5 Å². The van der Waals surface area contributed by atoms with Crippen LogP contribution in [-0.4, -0.2) is 73.4 Å². The molecule has 12 heteroatoms. The number of hydrogen-bond donors (Lipinski definition) is 4. The van der Waals surface area contributed by atoms with Crippen molar-refractivity contribution in [3.63, 3.8) is 0 Å². The molecule has 1 saturated heterocycles. The van der Waals surface area contributed by atoms with Gasteiger partial charge in [0, 0.05) is 13.1 Å². The van der Waals surface area contributed by atoms with Gasteiger partial charge in [-0.05, 0) is 31.2 Å². The van der Waals surface area contributed by atoms with Crippen LogP contribution in [0.15, 0.2) is 35.3 Å². The number of ether oxygens (including phenoxy) is 1. The van der Waals surface area contributed by atoms with Crippen LogP contribution in [0.2, 0.25) is 0 Å². The second kappa shape index (κ2) is 22.0. The third-order valence-electron chi connectivity index (χ3n) is 6.35. The first-order chi connectivity index (χ1) is 19.8. The van der Waals surface area contributed by atoms with Crippen molar-refractivity contribution in [2.75, 3.05) is 32.9 Å². The molecule has 1 heterocycles. The van der Waals surface area contributed by atoms with Crippen molar-refractivity contribution >= 4 is 29.7 Å². The van der Waals surface area contributed by atoms with Crippen molar-refractivity contribution in [3.8, 4) is 0 Å². The number of nitrogens with zero attached hydrogens (tertiary/aromatic N) is 2. The fraction of sp³-hybridized carbons (Fsp3) is 0.621.